The predicted molar refractivity (Wildman–Crippen MR) is 90.5 cm³/mol. The van der Waals surface area contributed by atoms with Gasteiger partial charge in [-0.1, -0.05) is 37.3 Å². The Kier molecular flexibility index (Phi) is 7.26. The Bertz CT molecular complexity index is 436. The molecule has 2 atom stereocenters. The first-order valence-electron chi connectivity index (χ1n) is 7.39. The summed E-state index contributed by atoms with van der Waals surface area (Å²) in [6.07, 6.45) is 0.745. The molecule has 0 aliphatic rings. The molecule has 0 fully saturated rings. The second-order valence-electron chi connectivity index (χ2n) is 5.93. The van der Waals surface area contributed by atoms with Gasteiger partial charge in [0.05, 0.1) is 7.11 Å². The first-order valence-corrected chi connectivity index (χ1v) is 8.44. The lowest BCUT2D eigenvalue weighted by Gasteiger charge is -2.32. The molecule has 0 aromatic heterocycles. The number of thioether (sulfide) groups is 1. The van der Waals surface area contributed by atoms with Gasteiger partial charge in [0, 0.05) is 17.0 Å². The summed E-state index contributed by atoms with van der Waals surface area (Å²) in [5.41, 5.74) is 0.678. The third-order valence-electron chi connectivity index (χ3n) is 3.32. The van der Waals surface area contributed by atoms with Gasteiger partial charge in [-0.05, 0) is 32.8 Å². The Morgan fingerprint density at radius 3 is 2.43 bits per heavy atom. The molecule has 1 aromatic rings. The van der Waals surface area contributed by atoms with Gasteiger partial charge in [0.1, 0.15) is 5.54 Å². The second-order valence-corrected chi connectivity index (χ2v) is 7.36. The van der Waals surface area contributed by atoms with Gasteiger partial charge in [-0.3, -0.25) is 10.1 Å². The minimum absolute atomic E-state index is 0.191. The molecule has 118 valence electrons. The summed E-state index contributed by atoms with van der Waals surface area (Å²) in [7, 11) is 1.45. The number of ether oxygens (including phenoxy) is 1. The molecule has 0 aliphatic heterocycles. The Hall–Kier alpha value is -1.00. The zero-order chi connectivity index (χ0) is 15.9. The van der Waals surface area contributed by atoms with Crippen molar-refractivity contribution in [2.24, 2.45) is 0 Å². The van der Waals surface area contributed by atoms with Gasteiger partial charge in [-0.15, -0.1) is 0 Å². The van der Waals surface area contributed by atoms with Gasteiger partial charge >= 0.3 is 5.97 Å². The molecule has 0 heterocycles. The smallest absolute Gasteiger partial charge is 0.325 e. The molecule has 1 aromatic carbocycles. The van der Waals surface area contributed by atoms with Gasteiger partial charge in [0.2, 0.25) is 0 Å². The number of carbonyl (C=O) groups is 1. The summed E-state index contributed by atoms with van der Waals surface area (Å²) in [5, 5.41) is 3.71. The predicted octanol–water partition coefficient (Wildman–Crippen LogP) is 3.63. The van der Waals surface area contributed by atoms with E-state index in [1.165, 1.54) is 12.7 Å². The van der Waals surface area contributed by atoms with Crippen molar-refractivity contribution in [2.75, 3.05) is 7.11 Å². The molecule has 0 spiro atoms. The molecule has 4 heteroatoms. The van der Waals surface area contributed by atoms with Crippen molar-refractivity contribution in [1.29, 1.82) is 0 Å². The summed E-state index contributed by atoms with van der Waals surface area (Å²) < 4.78 is 4.97. The molecule has 0 bridgehead atoms. The lowest BCUT2D eigenvalue weighted by Crippen LogP contribution is -2.54. The molecule has 0 saturated heterocycles. The molecule has 3 nitrogen and oxygen atoms in total. The van der Waals surface area contributed by atoms with Crippen molar-refractivity contribution < 1.29 is 9.53 Å². The van der Waals surface area contributed by atoms with Crippen LogP contribution in [0.1, 0.15) is 39.7 Å². The molecule has 21 heavy (non-hydrogen) atoms. The number of carbonyl (C=O) groups excluding carboxylic acids is 1. The van der Waals surface area contributed by atoms with E-state index in [0.29, 0.717) is 5.25 Å². The lowest BCUT2D eigenvalue weighted by atomic mass is 9.95. The normalized spacial score (nSPS) is 15.5. The third kappa shape index (κ3) is 6.10. The van der Waals surface area contributed by atoms with Crippen molar-refractivity contribution >= 4 is 17.7 Å². The molecular weight excluding hydrogens is 282 g/mol. The van der Waals surface area contributed by atoms with Crippen LogP contribution in [0.25, 0.3) is 0 Å². The Labute approximate surface area is 132 Å². The Morgan fingerprint density at radius 1 is 1.29 bits per heavy atom. The zero-order valence-electron chi connectivity index (χ0n) is 13.7. The minimum atomic E-state index is -0.633. The van der Waals surface area contributed by atoms with E-state index in [2.05, 4.69) is 36.5 Å². The zero-order valence-corrected chi connectivity index (χ0v) is 14.5. The highest BCUT2D eigenvalue weighted by atomic mass is 32.2. The maximum absolute atomic E-state index is 12.1. The van der Waals surface area contributed by atoms with E-state index in [1.807, 2.05) is 38.6 Å². The molecule has 1 rings (SSSR count). The standard InChI is InChI=1S/C17H27NO2S/c1-13(2)18-17(4,16(19)20-5)11-14(3)21-12-15-9-7-6-8-10-15/h6-10,13-14,18H,11-12H2,1-5H3. The van der Waals surface area contributed by atoms with E-state index in [1.54, 1.807) is 0 Å². The van der Waals surface area contributed by atoms with Crippen LogP contribution in [0.3, 0.4) is 0 Å². The van der Waals surface area contributed by atoms with Gasteiger partial charge in [-0.25, -0.2) is 0 Å². The molecule has 1 N–H and O–H groups in total. The van der Waals surface area contributed by atoms with Crippen LogP contribution in [-0.2, 0) is 15.3 Å². The summed E-state index contributed by atoms with van der Waals surface area (Å²) in [6.45, 7) is 8.18. The average molecular weight is 309 g/mol. The maximum Gasteiger partial charge on any atom is 0.325 e. The summed E-state index contributed by atoms with van der Waals surface area (Å²) >= 11 is 1.86. The highest BCUT2D eigenvalue weighted by Crippen LogP contribution is 2.26. The van der Waals surface area contributed by atoms with Crippen molar-refractivity contribution in [3.05, 3.63) is 35.9 Å². The van der Waals surface area contributed by atoms with Gasteiger partial charge in [-0.2, -0.15) is 11.8 Å². The monoisotopic (exact) mass is 309 g/mol. The number of hydrogen-bond donors (Lipinski definition) is 1. The second kappa shape index (κ2) is 8.44. The van der Waals surface area contributed by atoms with Gasteiger partial charge in [0.15, 0.2) is 0 Å². The number of nitrogens with one attached hydrogen (secondary N) is 1. The van der Waals surface area contributed by atoms with Crippen LogP contribution in [0.15, 0.2) is 30.3 Å². The molecule has 2 unspecified atom stereocenters. The van der Waals surface area contributed by atoms with Crippen LogP contribution in [0, 0.1) is 0 Å². The van der Waals surface area contributed by atoms with E-state index < -0.39 is 5.54 Å². The van der Waals surface area contributed by atoms with E-state index in [-0.39, 0.29) is 12.0 Å². The van der Waals surface area contributed by atoms with Crippen molar-refractivity contribution in [3.8, 4) is 0 Å². The summed E-state index contributed by atoms with van der Waals surface area (Å²) in [4.78, 5) is 12.1. The molecule has 0 radical (unpaired) electrons. The highest BCUT2D eigenvalue weighted by molar-refractivity contribution is 7.99. The third-order valence-corrected chi connectivity index (χ3v) is 4.55. The number of rotatable bonds is 8. The number of benzene rings is 1. The van der Waals surface area contributed by atoms with Gasteiger partial charge in [0.25, 0.3) is 0 Å². The number of esters is 1. The van der Waals surface area contributed by atoms with Crippen LogP contribution in [0.4, 0.5) is 0 Å². The molecule has 0 saturated carbocycles. The lowest BCUT2D eigenvalue weighted by molar-refractivity contribution is -0.148. The average Bonchev–Trinajstić information content (AvgIpc) is 2.44. The van der Waals surface area contributed by atoms with Crippen LogP contribution in [-0.4, -0.2) is 29.9 Å². The minimum Gasteiger partial charge on any atom is -0.468 e. The quantitative estimate of drug-likeness (QED) is 0.744. The first kappa shape index (κ1) is 18.1. The van der Waals surface area contributed by atoms with E-state index >= 15 is 0 Å². The van der Waals surface area contributed by atoms with Crippen LogP contribution in [0.2, 0.25) is 0 Å². The summed E-state index contributed by atoms with van der Waals surface area (Å²) in [6, 6.07) is 10.6. The highest BCUT2D eigenvalue weighted by Gasteiger charge is 2.36. The van der Waals surface area contributed by atoms with Crippen molar-refractivity contribution in [2.45, 2.75) is 56.7 Å². The summed E-state index contributed by atoms with van der Waals surface area (Å²) in [5.74, 6) is 0.768. The number of methoxy groups -OCH3 is 1. The molecule has 0 amide bonds. The number of hydrogen-bond acceptors (Lipinski definition) is 4. The first-order chi connectivity index (χ1) is 9.87. The van der Waals surface area contributed by atoms with E-state index in [0.717, 1.165) is 12.2 Å². The van der Waals surface area contributed by atoms with E-state index in [4.69, 9.17) is 4.74 Å². The fourth-order valence-electron chi connectivity index (χ4n) is 2.51. The Morgan fingerprint density at radius 2 is 1.90 bits per heavy atom. The molecule has 0 aliphatic carbocycles. The van der Waals surface area contributed by atoms with Crippen molar-refractivity contribution in [3.63, 3.8) is 0 Å². The fourth-order valence-corrected chi connectivity index (χ4v) is 3.63. The molecular formula is C17H27NO2S. The SMILES string of the molecule is COC(=O)C(C)(CC(C)SCc1ccccc1)NC(C)C. The Balaban J connectivity index is 2.59. The van der Waals surface area contributed by atoms with Gasteiger partial charge < -0.3 is 4.74 Å². The van der Waals surface area contributed by atoms with Crippen LogP contribution < -0.4 is 5.32 Å². The van der Waals surface area contributed by atoms with Crippen LogP contribution >= 0.6 is 11.8 Å². The topological polar surface area (TPSA) is 38.3 Å². The van der Waals surface area contributed by atoms with Crippen LogP contribution in [0.5, 0.6) is 0 Å². The van der Waals surface area contributed by atoms with E-state index in [9.17, 15) is 4.79 Å². The fraction of sp³-hybridized carbons (Fsp3) is 0.588. The van der Waals surface area contributed by atoms with Crippen molar-refractivity contribution in [1.82, 2.24) is 5.32 Å². The maximum atomic E-state index is 12.1. The largest absolute Gasteiger partial charge is 0.468 e.